The van der Waals surface area contributed by atoms with Gasteiger partial charge in [0.25, 0.3) is 0 Å². The normalized spacial score (nSPS) is 20.4. The molecule has 0 spiro atoms. The van der Waals surface area contributed by atoms with Gasteiger partial charge >= 0.3 is 0 Å². The summed E-state index contributed by atoms with van der Waals surface area (Å²) in [5.41, 5.74) is 1.99. The van der Waals surface area contributed by atoms with E-state index in [1.165, 1.54) is 0 Å². The summed E-state index contributed by atoms with van der Waals surface area (Å²) in [6, 6.07) is 9.90. The fourth-order valence-corrected chi connectivity index (χ4v) is 2.00. The third kappa shape index (κ3) is 2.39. The number of allylic oxidation sites excluding steroid dienone is 2. The van der Waals surface area contributed by atoms with Crippen molar-refractivity contribution in [1.29, 1.82) is 0 Å². The predicted molar refractivity (Wildman–Crippen MR) is 69.1 cm³/mol. The van der Waals surface area contributed by atoms with E-state index in [9.17, 15) is 5.21 Å². The molecule has 0 bridgehead atoms. The summed E-state index contributed by atoms with van der Waals surface area (Å²) in [6.45, 7) is 0. The van der Waals surface area contributed by atoms with Crippen molar-refractivity contribution in [2.75, 3.05) is 0 Å². The van der Waals surface area contributed by atoms with Crippen LogP contribution in [-0.2, 0) is 6.42 Å². The van der Waals surface area contributed by atoms with E-state index in [1.807, 2.05) is 36.4 Å². The van der Waals surface area contributed by atoms with Gasteiger partial charge in [-0.1, -0.05) is 30.3 Å². The molecule has 1 atom stereocenters. The van der Waals surface area contributed by atoms with Crippen LogP contribution in [0.4, 0.5) is 0 Å². The maximum Gasteiger partial charge on any atom is 0.206 e. The molecule has 1 heterocycles. The SMILES string of the molecule is [O-][NH+]1C(=S)C(Cc2ccccc2)=CC=C1Cl. The first kappa shape index (κ1) is 11.5. The molecule has 0 aromatic heterocycles. The highest BCUT2D eigenvalue weighted by Crippen LogP contribution is 2.12. The number of nitrogens with one attached hydrogen (secondary N) is 1. The van der Waals surface area contributed by atoms with Crippen molar-refractivity contribution in [1.82, 2.24) is 0 Å². The van der Waals surface area contributed by atoms with E-state index in [-0.39, 0.29) is 10.2 Å². The number of thiocarbonyl (C=S) groups is 1. The summed E-state index contributed by atoms with van der Waals surface area (Å²) in [7, 11) is 0. The second kappa shape index (κ2) is 4.89. The number of benzene rings is 1. The van der Waals surface area contributed by atoms with E-state index in [0.717, 1.165) is 11.1 Å². The lowest BCUT2D eigenvalue weighted by Gasteiger charge is -2.24. The van der Waals surface area contributed by atoms with Crippen molar-refractivity contribution in [3.8, 4) is 0 Å². The van der Waals surface area contributed by atoms with E-state index in [4.69, 9.17) is 23.8 Å². The highest BCUT2D eigenvalue weighted by Gasteiger charge is 2.19. The molecule has 0 amide bonds. The highest BCUT2D eigenvalue weighted by molar-refractivity contribution is 7.80. The lowest BCUT2D eigenvalue weighted by molar-refractivity contribution is -0.688. The molecular weight excluding hydrogens is 242 g/mol. The molecule has 16 heavy (non-hydrogen) atoms. The molecule has 1 unspecified atom stereocenters. The van der Waals surface area contributed by atoms with E-state index < -0.39 is 0 Å². The maximum absolute atomic E-state index is 11.5. The molecule has 1 aromatic rings. The average molecular weight is 252 g/mol. The van der Waals surface area contributed by atoms with Crippen molar-refractivity contribution in [3.05, 3.63) is 64.0 Å². The molecule has 2 rings (SSSR count). The first-order valence-electron chi connectivity index (χ1n) is 4.88. The third-order valence-electron chi connectivity index (χ3n) is 2.38. The molecule has 0 radical (unpaired) electrons. The summed E-state index contributed by atoms with van der Waals surface area (Å²) < 4.78 is 0. The summed E-state index contributed by atoms with van der Waals surface area (Å²) in [5, 5.41) is 11.5. The van der Waals surface area contributed by atoms with Crippen LogP contribution in [0.3, 0.4) is 0 Å². The van der Waals surface area contributed by atoms with Crippen molar-refractivity contribution in [3.63, 3.8) is 0 Å². The smallest absolute Gasteiger partial charge is 0.206 e. The van der Waals surface area contributed by atoms with Crippen molar-refractivity contribution in [2.24, 2.45) is 0 Å². The maximum atomic E-state index is 11.5. The van der Waals surface area contributed by atoms with Crippen LogP contribution in [0.15, 0.2) is 53.2 Å². The lowest BCUT2D eigenvalue weighted by atomic mass is 10.0. The number of quaternary nitrogens is 1. The van der Waals surface area contributed by atoms with Crippen LogP contribution in [-0.4, -0.2) is 4.99 Å². The van der Waals surface area contributed by atoms with E-state index in [1.54, 1.807) is 6.08 Å². The Labute approximate surface area is 104 Å². The van der Waals surface area contributed by atoms with Gasteiger partial charge in [-0.15, -0.1) is 0 Å². The Bertz CT molecular complexity index is 467. The Morgan fingerprint density at radius 2 is 1.88 bits per heavy atom. The molecule has 0 saturated carbocycles. The molecule has 0 saturated heterocycles. The van der Waals surface area contributed by atoms with Crippen molar-refractivity contribution < 1.29 is 5.06 Å². The largest absolute Gasteiger partial charge is 0.622 e. The highest BCUT2D eigenvalue weighted by atomic mass is 35.5. The monoisotopic (exact) mass is 251 g/mol. The second-order valence-electron chi connectivity index (χ2n) is 3.53. The van der Waals surface area contributed by atoms with Gasteiger partial charge in [-0.05, 0) is 35.5 Å². The van der Waals surface area contributed by atoms with Crippen LogP contribution >= 0.6 is 23.8 Å². The Kier molecular flexibility index (Phi) is 3.51. The third-order valence-corrected chi connectivity index (χ3v) is 3.13. The molecule has 1 aliphatic rings. The Hall–Kier alpha value is -1.00. The van der Waals surface area contributed by atoms with Gasteiger partial charge < -0.3 is 5.21 Å². The van der Waals surface area contributed by atoms with Crippen LogP contribution in [0.2, 0.25) is 0 Å². The molecule has 4 heteroatoms. The zero-order chi connectivity index (χ0) is 11.5. The molecule has 2 nitrogen and oxygen atoms in total. The van der Waals surface area contributed by atoms with Gasteiger partial charge in [-0.3, -0.25) is 5.06 Å². The topological polar surface area (TPSA) is 27.5 Å². The Morgan fingerprint density at radius 3 is 2.56 bits per heavy atom. The Balaban J connectivity index is 2.20. The van der Waals surface area contributed by atoms with Crippen LogP contribution in [0.1, 0.15) is 5.56 Å². The summed E-state index contributed by atoms with van der Waals surface area (Å²) in [6.07, 6.45) is 4.10. The van der Waals surface area contributed by atoms with E-state index in [2.05, 4.69) is 0 Å². The Morgan fingerprint density at radius 1 is 1.19 bits per heavy atom. The van der Waals surface area contributed by atoms with E-state index >= 15 is 0 Å². The van der Waals surface area contributed by atoms with Gasteiger partial charge in [0.15, 0.2) is 0 Å². The van der Waals surface area contributed by atoms with Crippen LogP contribution in [0.25, 0.3) is 0 Å². The molecular formula is C12H10ClNOS. The number of hydrogen-bond donors (Lipinski definition) is 1. The quantitative estimate of drug-likeness (QED) is 0.494. The zero-order valence-corrected chi connectivity index (χ0v) is 10.0. The average Bonchev–Trinajstić information content (AvgIpc) is 2.31. The van der Waals surface area contributed by atoms with Gasteiger partial charge in [0.05, 0.1) is 0 Å². The van der Waals surface area contributed by atoms with Gasteiger partial charge in [0.1, 0.15) is 0 Å². The molecule has 0 aliphatic carbocycles. The minimum atomic E-state index is -0.245. The lowest BCUT2D eigenvalue weighted by Crippen LogP contribution is -3.07. The first-order chi connectivity index (χ1) is 7.68. The summed E-state index contributed by atoms with van der Waals surface area (Å²) in [4.78, 5) is 0.330. The molecule has 0 fully saturated rings. The van der Waals surface area contributed by atoms with Gasteiger partial charge in [-0.2, -0.15) is 0 Å². The van der Waals surface area contributed by atoms with Crippen molar-refractivity contribution >= 4 is 28.8 Å². The van der Waals surface area contributed by atoms with Crippen LogP contribution in [0, 0.1) is 5.21 Å². The summed E-state index contributed by atoms with van der Waals surface area (Å²) in [5.74, 6) is 0. The van der Waals surface area contributed by atoms with Gasteiger partial charge in [0, 0.05) is 18.1 Å². The second-order valence-corrected chi connectivity index (χ2v) is 4.34. The predicted octanol–water partition coefficient (Wildman–Crippen LogP) is 1.96. The van der Waals surface area contributed by atoms with Gasteiger partial charge in [0.2, 0.25) is 10.1 Å². The number of hydroxylamine groups is 2. The standard InChI is InChI=1S/C12H10ClNOS/c13-11-7-6-10(12(16)14(11)15)8-9-4-2-1-3-5-9/h1-7,14H,8H2. The summed E-state index contributed by atoms with van der Waals surface area (Å²) >= 11 is 10.8. The van der Waals surface area contributed by atoms with Crippen molar-refractivity contribution in [2.45, 2.75) is 6.42 Å². The minimum Gasteiger partial charge on any atom is -0.622 e. The minimum absolute atomic E-state index is 0.196. The van der Waals surface area contributed by atoms with E-state index in [0.29, 0.717) is 11.4 Å². The fourth-order valence-electron chi connectivity index (χ4n) is 1.53. The molecule has 1 aromatic carbocycles. The molecule has 1 aliphatic heterocycles. The van der Waals surface area contributed by atoms with Crippen LogP contribution < -0.4 is 5.06 Å². The number of rotatable bonds is 2. The molecule has 1 N–H and O–H groups in total. The first-order valence-corrected chi connectivity index (χ1v) is 5.66. The molecule has 82 valence electrons. The number of hydrogen-bond acceptors (Lipinski definition) is 2. The number of halogens is 1. The van der Waals surface area contributed by atoms with Crippen LogP contribution in [0.5, 0.6) is 0 Å². The fraction of sp³-hybridized carbons (Fsp3) is 0.0833. The van der Waals surface area contributed by atoms with Gasteiger partial charge in [-0.25, -0.2) is 0 Å². The zero-order valence-electron chi connectivity index (χ0n) is 8.44.